The molecule has 1 saturated heterocycles. The average Bonchev–Trinajstić information content (AvgIpc) is 2.62. The number of amides is 1. The van der Waals surface area contributed by atoms with Crippen molar-refractivity contribution in [3.63, 3.8) is 0 Å². The number of hydrogen-bond donors (Lipinski definition) is 1. The van der Waals surface area contributed by atoms with E-state index in [2.05, 4.69) is 15.1 Å². The van der Waals surface area contributed by atoms with Crippen LogP contribution >= 0.6 is 23.2 Å². The summed E-state index contributed by atoms with van der Waals surface area (Å²) in [6.45, 7) is 4.33. The zero-order valence-corrected chi connectivity index (χ0v) is 15.7. The van der Waals surface area contributed by atoms with Crippen molar-refractivity contribution < 1.29 is 9.18 Å². The molecule has 1 N–H and O–H groups in total. The Kier molecular flexibility index (Phi) is 6.48. The molecule has 2 aromatic carbocycles. The van der Waals surface area contributed by atoms with Crippen LogP contribution in [0.4, 0.5) is 10.1 Å². The van der Waals surface area contributed by atoms with Crippen molar-refractivity contribution in [3.05, 3.63) is 63.9 Å². The molecule has 0 aromatic heterocycles. The van der Waals surface area contributed by atoms with Crippen LogP contribution in [0.5, 0.6) is 0 Å². The molecular formula is C19H20Cl2FN3O. The Morgan fingerprint density at radius 3 is 2.38 bits per heavy atom. The molecule has 7 heteroatoms. The SMILES string of the molecule is O=C(CN1CCN(Cc2ccc(Cl)c(Cl)c2)CC1)Nc1ccccc1F. The Morgan fingerprint density at radius 1 is 1.00 bits per heavy atom. The van der Waals surface area contributed by atoms with Crippen molar-refractivity contribution in [1.82, 2.24) is 9.80 Å². The fourth-order valence-electron chi connectivity index (χ4n) is 2.96. The van der Waals surface area contributed by atoms with Gasteiger partial charge in [0.15, 0.2) is 0 Å². The summed E-state index contributed by atoms with van der Waals surface area (Å²) in [6, 6.07) is 11.8. The van der Waals surface area contributed by atoms with Gasteiger partial charge in [0, 0.05) is 32.7 Å². The standard InChI is InChI=1S/C19H20Cl2FN3O/c20-15-6-5-14(11-16(15)21)12-24-7-9-25(10-8-24)13-19(26)23-18-4-2-1-3-17(18)22/h1-6,11H,7-10,12-13H2,(H,23,26). The molecule has 1 amide bonds. The van der Waals surface area contributed by atoms with Crippen LogP contribution in [0.1, 0.15) is 5.56 Å². The molecule has 1 heterocycles. The van der Waals surface area contributed by atoms with E-state index < -0.39 is 5.82 Å². The summed E-state index contributed by atoms with van der Waals surface area (Å²) in [5, 5.41) is 3.74. The van der Waals surface area contributed by atoms with E-state index in [1.807, 2.05) is 18.2 Å². The van der Waals surface area contributed by atoms with Gasteiger partial charge in [0.25, 0.3) is 0 Å². The van der Waals surface area contributed by atoms with Gasteiger partial charge in [-0.1, -0.05) is 41.4 Å². The monoisotopic (exact) mass is 395 g/mol. The van der Waals surface area contributed by atoms with Gasteiger partial charge in [-0.05, 0) is 29.8 Å². The summed E-state index contributed by atoms with van der Waals surface area (Å²) in [5.41, 5.74) is 1.33. The number of rotatable bonds is 5. The van der Waals surface area contributed by atoms with E-state index in [1.54, 1.807) is 18.2 Å². The van der Waals surface area contributed by atoms with Gasteiger partial charge in [0.1, 0.15) is 5.82 Å². The van der Waals surface area contributed by atoms with Crippen molar-refractivity contribution in [1.29, 1.82) is 0 Å². The summed E-state index contributed by atoms with van der Waals surface area (Å²) >= 11 is 12.0. The van der Waals surface area contributed by atoms with E-state index in [-0.39, 0.29) is 18.1 Å². The summed E-state index contributed by atoms with van der Waals surface area (Å²) in [6.07, 6.45) is 0. The maximum absolute atomic E-state index is 13.6. The van der Waals surface area contributed by atoms with Crippen LogP contribution < -0.4 is 5.32 Å². The van der Waals surface area contributed by atoms with Crippen molar-refractivity contribution in [2.75, 3.05) is 38.0 Å². The van der Waals surface area contributed by atoms with E-state index >= 15 is 0 Å². The molecule has 0 saturated carbocycles. The third kappa shape index (κ3) is 5.17. The quantitative estimate of drug-likeness (QED) is 0.833. The molecule has 1 aliphatic heterocycles. The van der Waals surface area contributed by atoms with Gasteiger partial charge in [-0.15, -0.1) is 0 Å². The highest BCUT2D eigenvalue weighted by Gasteiger charge is 2.19. The topological polar surface area (TPSA) is 35.6 Å². The molecule has 2 aromatic rings. The molecule has 1 fully saturated rings. The Balaban J connectivity index is 1.45. The fourth-order valence-corrected chi connectivity index (χ4v) is 3.28. The second kappa shape index (κ2) is 8.82. The second-order valence-corrected chi connectivity index (χ2v) is 7.14. The van der Waals surface area contributed by atoms with E-state index in [1.165, 1.54) is 6.07 Å². The van der Waals surface area contributed by atoms with Gasteiger partial charge < -0.3 is 5.32 Å². The summed E-state index contributed by atoms with van der Waals surface area (Å²) in [5.74, 6) is -0.625. The fraction of sp³-hybridized carbons (Fsp3) is 0.316. The predicted octanol–water partition coefficient (Wildman–Crippen LogP) is 3.89. The summed E-state index contributed by atoms with van der Waals surface area (Å²) in [4.78, 5) is 16.5. The average molecular weight is 396 g/mol. The van der Waals surface area contributed by atoms with Gasteiger partial charge in [0.2, 0.25) is 5.91 Å². The molecule has 0 spiro atoms. The molecule has 0 radical (unpaired) electrons. The van der Waals surface area contributed by atoms with Crippen LogP contribution in [0, 0.1) is 5.82 Å². The lowest BCUT2D eigenvalue weighted by atomic mass is 10.2. The van der Waals surface area contributed by atoms with E-state index in [0.29, 0.717) is 10.0 Å². The maximum atomic E-state index is 13.6. The summed E-state index contributed by atoms with van der Waals surface area (Å²) < 4.78 is 13.6. The van der Waals surface area contributed by atoms with E-state index in [9.17, 15) is 9.18 Å². The number of para-hydroxylation sites is 1. The highest BCUT2D eigenvalue weighted by Crippen LogP contribution is 2.23. The lowest BCUT2D eigenvalue weighted by molar-refractivity contribution is -0.117. The van der Waals surface area contributed by atoms with Gasteiger partial charge in [0.05, 0.1) is 22.3 Å². The number of carbonyl (C=O) groups excluding carboxylic acids is 1. The van der Waals surface area contributed by atoms with Crippen LogP contribution in [0.25, 0.3) is 0 Å². The van der Waals surface area contributed by atoms with Crippen molar-refractivity contribution in [2.45, 2.75) is 6.54 Å². The van der Waals surface area contributed by atoms with Crippen molar-refractivity contribution in [3.8, 4) is 0 Å². The number of carbonyl (C=O) groups is 1. The Morgan fingerprint density at radius 2 is 1.69 bits per heavy atom. The minimum atomic E-state index is -0.424. The van der Waals surface area contributed by atoms with Gasteiger partial charge in [-0.2, -0.15) is 0 Å². The molecule has 0 aliphatic carbocycles. The highest BCUT2D eigenvalue weighted by molar-refractivity contribution is 6.42. The van der Waals surface area contributed by atoms with E-state index in [4.69, 9.17) is 23.2 Å². The lowest BCUT2D eigenvalue weighted by Gasteiger charge is -2.34. The first-order valence-corrected chi connectivity index (χ1v) is 9.20. The molecule has 138 valence electrons. The summed E-state index contributed by atoms with van der Waals surface area (Å²) in [7, 11) is 0. The molecule has 0 atom stereocenters. The zero-order chi connectivity index (χ0) is 18.5. The van der Waals surface area contributed by atoms with Crippen molar-refractivity contribution >= 4 is 34.8 Å². The number of halogens is 3. The minimum Gasteiger partial charge on any atom is -0.322 e. The second-order valence-electron chi connectivity index (χ2n) is 6.33. The molecule has 0 unspecified atom stereocenters. The molecule has 4 nitrogen and oxygen atoms in total. The van der Waals surface area contributed by atoms with Crippen molar-refractivity contribution in [2.24, 2.45) is 0 Å². The van der Waals surface area contributed by atoms with Crippen LogP contribution in [-0.4, -0.2) is 48.4 Å². The van der Waals surface area contributed by atoms with Gasteiger partial charge >= 0.3 is 0 Å². The first-order valence-electron chi connectivity index (χ1n) is 8.44. The number of nitrogens with one attached hydrogen (secondary N) is 1. The number of piperazine rings is 1. The third-order valence-electron chi connectivity index (χ3n) is 4.37. The highest BCUT2D eigenvalue weighted by atomic mass is 35.5. The van der Waals surface area contributed by atoms with Gasteiger partial charge in [-0.3, -0.25) is 14.6 Å². The van der Waals surface area contributed by atoms with Crippen LogP contribution in [0.2, 0.25) is 10.0 Å². The smallest absolute Gasteiger partial charge is 0.238 e. The number of nitrogens with zero attached hydrogens (tertiary/aromatic N) is 2. The van der Waals surface area contributed by atoms with Crippen LogP contribution in [-0.2, 0) is 11.3 Å². The molecular weight excluding hydrogens is 376 g/mol. The lowest BCUT2D eigenvalue weighted by Crippen LogP contribution is -2.48. The van der Waals surface area contributed by atoms with Gasteiger partial charge in [-0.25, -0.2) is 4.39 Å². The number of hydrogen-bond acceptors (Lipinski definition) is 3. The number of anilines is 1. The predicted molar refractivity (Wildman–Crippen MR) is 103 cm³/mol. The molecule has 3 rings (SSSR count). The Hall–Kier alpha value is -1.66. The van der Waals surface area contributed by atoms with E-state index in [0.717, 1.165) is 38.3 Å². The normalized spacial score (nSPS) is 15.8. The van der Waals surface area contributed by atoms with Crippen LogP contribution in [0.15, 0.2) is 42.5 Å². The largest absolute Gasteiger partial charge is 0.322 e. The first-order chi connectivity index (χ1) is 12.5. The number of benzene rings is 2. The third-order valence-corrected chi connectivity index (χ3v) is 5.11. The molecule has 1 aliphatic rings. The Bertz CT molecular complexity index is 779. The zero-order valence-electron chi connectivity index (χ0n) is 14.2. The molecule has 0 bridgehead atoms. The Labute approximate surface area is 162 Å². The minimum absolute atomic E-state index is 0.201. The maximum Gasteiger partial charge on any atom is 0.238 e. The first kappa shape index (κ1) is 19.1. The molecule has 26 heavy (non-hydrogen) atoms. The van der Waals surface area contributed by atoms with Crippen LogP contribution in [0.3, 0.4) is 0 Å².